The molecule has 29 heavy (non-hydrogen) atoms. The van der Waals surface area contributed by atoms with Gasteiger partial charge >= 0.3 is 0 Å². The molecule has 0 radical (unpaired) electrons. The third-order valence-corrected chi connectivity index (χ3v) is 7.56. The average Bonchev–Trinajstić information content (AvgIpc) is 3.42. The van der Waals surface area contributed by atoms with E-state index in [0.717, 1.165) is 0 Å². The van der Waals surface area contributed by atoms with Gasteiger partial charge in [-0.15, -0.1) is 0 Å². The highest BCUT2D eigenvalue weighted by Gasteiger charge is 2.51. The zero-order chi connectivity index (χ0) is 21.0. The second kappa shape index (κ2) is 7.23. The Labute approximate surface area is 177 Å². The van der Waals surface area contributed by atoms with Crippen molar-refractivity contribution >= 4 is 5.69 Å². The molecule has 2 heterocycles. The summed E-state index contributed by atoms with van der Waals surface area (Å²) in [5.41, 5.74) is 6.68. The molecule has 3 aliphatic rings. The molecule has 2 nitrogen and oxygen atoms in total. The minimum atomic E-state index is -0.498. The topological polar surface area (TPSA) is 6.48 Å². The fourth-order valence-electron chi connectivity index (χ4n) is 6.18. The number of anilines is 1. The Kier molecular flexibility index (Phi) is 4.40. The normalized spacial score (nSPS) is 32.1. The summed E-state index contributed by atoms with van der Waals surface area (Å²) in [6, 6.07) is 15.8. The van der Waals surface area contributed by atoms with E-state index in [1.54, 1.807) is 0 Å². The lowest BCUT2D eigenvalue weighted by atomic mass is 9.83. The second-order valence-electron chi connectivity index (χ2n) is 9.30. The van der Waals surface area contributed by atoms with E-state index in [-0.39, 0.29) is 18.2 Å². The lowest BCUT2D eigenvalue weighted by molar-refractivity contribution is 0.217. The van der Waals surface area contributed by atoms with Crippen molar-refractivity contribution in [3.8, 4) is 0 Å². The van der Waals surface area contributed by atoms with Crippen LogP contribution in [-0.4, -0.2) is 17.0 Å². The van der Waals surface area contributed by atoms with Crippen LogP contribution in [0.3, 0.4) is 0 Å². The Hall–Kier alpha value is -2.22. The molecule has 1 saturated heterocycles. The Balaban J connectivity index is 1.67. The number of rotatable bonds is 3. The summed E-state index contributed by atoms with van der Waals surface area (Å²) in [6.07, 6.45) is 9.59. The predicted molar refractivity (Wildman–Crippen MR) is 122 cm³/mol. The van der Waals surface area contributed by atoms with Crippen LogP contribution in [-0.2, 0) is 0 Å². The Bertz CT molecular complexity index is 956. The van der Waals surface area contributed by atoms with Gasteiger partial charge in [0.15, 0.2) is 0 Å². The fourth-order valence-corrected chi connectivity index (χ4v) is 6.18. The average molecular weight is 388 g/mol. The summed E-state index contributed by atoms with van der Waals surface area (Å²) in [7, 11) is 0. The highest BCUT2D eigenvalue weighted by molar-refractivity contribution is 5.59. The van der Waals surface area contributed by atoms with Gasteiger partial charge in [-0.2, -0.15) is 0 Å². The lowest BCUT2D eigenvalue weighted by Crippen LogP contribution is -2.39. The molecule has 0 spiro atoms. The summed E-state index contributed by atoms with van der Waals surface area (Å²) in [4.78, 5) is 5.13. The minimum Gasteiger partial charge on any atom is -0.348 e. The van der Waals surface area contributed by atoms with Crippen molar-refractivity contribution in [1.29, 1.82) is 0 Å². The molecule has 2 aromatic carbocycles. The van der Waals surface area contributed by atoms with E-state index in [1.807, 2.05) is 0 Å². The second-order valence-corrected chi connectivity index (χ2v) is 9.30. The van der Waals surface area contributed by atoms with E-state index in [2.05, 4.69) is 92.2 Å². The standard InChI is InChI=1S/C27H34N2/c1-18-10-5-8-15-24(18)29-21(4)26-23(22-13-6-7-14-22)16-17-28(26)27(29)25-19(2)11-9-12-20(25)3/h5,8-12,15-17,21-23,26-27H,6-7,13-14H2,1-4H3/t21-,23?,26?,27?/m0/s1/i23D. The first-order valence-corrected chi connectivity index (χ1v) is 11.3. The highest BCUT2D eigenvalue weighted by atomic mass is 15.5. The van der Waals surface area contributed by atoms with Crippen LogP contribution >= 0.6 is 0 Å². The van der Waals surface area contributed by atoms with Crippen molar-refractivity contribution in [3.63, 3.8) is 0 Å². The summed E-state index contributed by atoms with van der Waals surface area (Å²) in [6.45, 7) is 9.04. The van der Waals surface area contributed by atoms with Crippen LogP contribution in [0, 0.1) is 32.6 Å². The smallest absolute Gasteiger partial charge is 0.129 e. The van der Waals surface area contributed by atoms with Gasteiger partial charge in [-0.1, -0.05) is 55.3 Å². The summed E-state index contributed by atoms with van der Waals surface area (Å²) >= 11 is 0. The van der Waals surface area contributed by atoms with Crippen molar-refractivity contribution in [2.45, 2.75) is 71.6 Å². The summed E-state index contributed by atoms with van der Waals surface area (Å²) in [5.74, 6) is -0.0241. The van der Waals surface area contributed by atoms with Crippen LogP contribution in [0.4, 0.5) is 5.69 Å². The molecule has 2 aliphatic heterocycles. The van der Waals surface area contributed by atoms with Crippen LogP contribution in [0.5, 0.6) is 0 Å². The van der Waals surface area contributed by atoms with Gasteiger partial charge in [0, 0.05) is 24.6 Å². The van der Waals surface area contributed by atoms with E-state index in [4.69, 9.17) is 0 Å². The lowest BCUT2D eigenvalue weighted by Gasteiger charge is -2.35. The van der Waals surface area contributed by atoms with Gasteiger partial charge in [-0.05, 0) is 75.4 Å². The number of hydrogen-bond donors (Lipinski definition) is 0. The van der Waals surface area contributed by atoms with E-state index in [9.17, 15) is 1.37 Å². The third kappa shape index (κ3) is 2.91. The first-order valence-electron chi connectivity index (χ1n) is 11.8. The van der Waals surface area contributed by atoms with E-state index in [1.165, 1.54) is 53.6 Å². The van der Waals surface area contributed by atoms with Crippen molar-refractivity contribution in [1.82, 2.24) is 4.90 Å². The molecule has 3 unspecified atom stereocenters. The molecule has 2 fully saturated rings. The van der Waals surface area contributed by atoms with Gasteiger partial charge < -0.3 is 9.80 Å². The number of benzene rings is 2. The molecule has 0 N–H and O–H groups in total. The number of hydrogen-bond acceptors (Lipinski definition) is 2. The van der Waals surface area contributed by atoms with Crippen LogP contribution in [0.25, 0.3) is 0 Å². The van der Waals surface area contributed by atoms with Gasteiger partial charge in [0.2, 0.25) is 0 Å². The van der Waals surface area contributed by atoms with Crippen LogP contribution in [0.1, 0.15) is 62.4 Å². The highest BCUT2D eigenvalue weighted by Crippen LogP contribution is 2.51. The van der Waals surface area contributed by atoms with E-state index in [0.29, 0.717) is 5.92 Å². The van der Waals surface area contributed by atoms with Gasteiger partial charge in [0.25, 0.3) is 0 Å². The van der Waals surface area contributed by atoms with Crippen molar-refractivity contribution in [2.24, 2.45) is 11.8 Å². The molecule has 0 aromatic heterocycles. The molecule has 1 saturated carbocycles. The maximum Gasteiger partial charge on any atom is 0.129 e. The predicted octanol–water partition coefficient (Wildman–Crippen LogP) is 6.52. The van der Waals surface area contributed by atoms with Crippen LogP contribution in [0.15, 0.2) is 54.7 Å². The van der Waals surface area contributed by atoms with Gasteiger partial charge in [-0.3, -0.25) is 0 Å². The molecular formula is C27H34N2. The molecule has 5 rings (SSSR count). The third-order valence-electron chi connectivity index (χ3n) is 7.56. The Morgan fingerprint density at radius 3 is 2.24 bits per heavy atom. The zero-order valence-corrected chi connectivity index (χ0v) is 18.2. The minimum absolute atomic E-state index is 0.136. The van der Waals surface area contributed by atoms with Gasteiger partial charge in [0.1, 0.15) is 6.17 Å². The maximum absolute atomic E-state index is 9.65. The number of para-hydroxylation sites is 1. The SMILES string of the molecule is [2H]C1(C2CCCC2)C=CN2C(c3c(C)cccc3C)N(c3ccccc3C)[C@@H](C)C21. The first-order chi connectivity index (χ1) is 14.4. The largest absolute Gasteiger partial charge is 0.348 e. The summed E-state index contributed by atoms with van der Waals surface area (Å²) in [5, 5.41) is 0. The number of nitrogens with zero attached hydrogens (tertiary/aromatic N) is 2. The van der Waals surface area contributed by atoms with Crippen molar-refractivity contribution in [3.05, 3.63) is 77.0 Å². The van der Waals surface area contributed by atoms with Gasteiger partial charge in [0.05, 0.1) is 6.04 Å². The molecule has 4 atom stereocenters. The first kappa shape index (κ1) is 17.6. The fraction of sp³-hybridized carbons (Fsp3) is 0.481. The zero-order valence-electron chi connectivity index (χ0n) is 19.2. The Morgan fingerprint density at radius 2 is 1.55 bits per heavy atom. The molecule has 2 heteroatoms. The van der Waals surface area contributed by atoms with Gasteiger partial charge in [-0.25, -0.2) is 0 Å². The molecule has 152 valence electrons. The van der Waals surface area contributed by atoms with E-state index < -0.39 is 5.89 Å². The van der Waals surface area contributed by atoms with E-state index >= 15 is 0 Å². The molecule has 2 aromatic rings. The monoisotopic (exact) mass is 387 g/mol. The van der Waals surface area contributed by atoms with Crippen molar-refractivity contribution in [2.75, 3.05) is 4.90 Å². The molecular weight excluding hydrogens is 352 g/mol. The Morgan fingerprint density at radius 1 is 0.897 bits per heavy atom. The van der Waals surface area contributed by atoms with Crippen LogP contribution in [0.2, 0.25) is 0 Å². The quantitative estimate of drug-likeness (QED) is 0.591. The maximum atomic E-state index is 9.65. The molecule has 1 aliphatic carbocycles. The molecule has 0 bridgehead atoms. The van der Waals surface area contributed by atoms with Crippen molar-refractivity contribution < 1.29 is 1.37 Å². The van der Waals surface area contributed by atoms with Crippen LogP contribution < -0.4 is 4.90 Å². The number of aryl methyl sites for hydroxylation is 3. The summed E-state index contributed by atoms with van der Waals surface area (Å²) < 4.78 is 9.65. The number of fused-ring (bicyclic) bond motifs is 1. The molecule has 0 amide bonds.